The molecule has 9 nitrogen and oxygen atoms in total. The van der Waals surface area contributed by atoms with Crippen LogP contribution < -0.4 is 5.32 Å². The molecule has 0 fully saturated rings. The van der Waals surface area contributed by atoms with E-state index < -0.39 is 10.7 Å². The zero-order chi connectivity index (χ0) is 22.5. The summed E-state index contributed by atoms with van der Waals surface area (Å²) in [7, 11) is 0. The van der Waals surface area contributed by atoms with E-state index in [-0.39, 0.29) is 23.2 Å². The van der Waals surface area contributed by atoms with Gasteiger partial charge in [-0.15, -0.1) is 0 Å². The monoisotopic (exact) mass is 443 g/mol. The van der Waals surface area contributed by atoms with Gasteiger partial charge in [0, 0.05) is 17.8 Å². The summed E-state index contributed by atoms with van der Waals surface area (Å²) in [5.74, 6) is -0.0737. The average molecular weight is 443 g/mol. The predicted octanol–water partition coefficient (Wildman–Crippen LogP) is 4.21. The van der Waals surface area contributed by atoms with Gasteiger partial charge in [0.25, 0.3) is 0 Å². The van der Waals surface area contributed by atoms with Crippen molar-refractivity contribution in [3.8, 4) is 11.4 Å². The number of fused-ring (bicyclic) bond motifs is 3. The molecule has 1 aromatic carbocycles. The molecule has 0 radical (unpaired) electrons. The van der Waals surface area contributed by atoms with Gasteiger partial charge in [0.2, 0.25) is 11.6 Å². The van der Waals surface area contributed by atoms with E-state index in [1.54, 1.807) is 0 Å². The predicted molar refractivity (Wildman–Crippen MR) is 119 cm³/mol. The Labute approximate surface area is 187 Å². The first-order chi connectivity index (χ1) is 16.1. The zero-order valence-corrected chi connectivity index (χ0v) is 17.4. The molecular formula is C23H18FN7O2. The normalized spacial score (nSPS) is 17.2. The van der Waals surface area contributed by atoms with Crippen LogP contribution in [-0.4, -0.2) is 35.5 Å². The van der Waals surface area contributed by atoms with Crippen LogP contribution in [0, 0.1) is 15.9 Å². The summed E-state index contributed by atoms with van der Waals surface area (Å²) in [6.45, 7) is 0. The van der Waals surface area contributed by atoms with Crippen molar-refractivity contribution in [2.24, 2.45) is 0 Å². The van der Waals surface area contributed by atoms with Gasteiger partial charge in [-0.25, -0.2) is 9.37 Å². The molecule has 0 bridgehead atoms. The standard InChI is InChI=1S/C23H18FN7O2/c24-16-8-15(10-25-11-16)21-28-22-20(31(32)33)12-26-30(22)23(29-21)27-17-6-5-14-7-13-3-1-2-4-18(13)19(14)9-17/h1-4,8,10-12,17H,5-7,9H2,(H,27,28,29)/t17-/m1/s1. The molecule has 2 aliphatic carbocycles. The number of allylic oxidation sites excluding steroid dienone is 1. The van der Waals surface area contributed by atoms with Crippen LogP contribution in [0.1, 0.15) is 30.4 Å². The smallest absolute Gasteiger partial charge is 0.333 e. The van der Waals surface area contributed by atoms with Crippen molar-refractivity contribution in [2.45, 2.75) is 31.7 Å². The highest BCUT2D eigenvalue weighted by atomic mass is 19.1. The number of nitrogens with zero attached hydrogens (tertiary/aromatic N) is 6. The molecule has 3 heterocycles. The summed E-state index contributed by atoms with van der Waals surface area (Å²) in [5.41, 5.74) is 5.62. The number of nitrogens with one attached hydrogen (secondary N) is 1. The van der Waals surface area contributed by atoms with E-state index >= 15 is 0 Å². The second-order valence-electron chi connectivity index (χ2n) is 8.29. The van der Waals surface area contributed by atoms with E-state index in [1.807, 2.05) is 0 Å². The van der Waals surface area contributed by atoms with E-state index in [9.17, 15) is 14.5 Å². The fourth-order valence-corrected chi connectivity index (χ4v) is 4.74. The maximum absolute atomic E-state index is 13.8. The fraction of sp³-hybridized carbons (Fsp3) is 0.217. The van der Waals surface area contributed by atoms with Crippen molar-refractivity contribution in [1.29, 1.82) is 0 Å². The van der Waals surface area contributed by atoms with E-state index in [4.69, 9.17) is 0 Å². The van der Waals surface area contributed by atoms with Crippen LogP contribution >= 0.6 is 0 Å². The van der Waals surface area contributed by atoms with Gasteiger partial charge in [-0.05, 0) is 48.4 Å². The lowest BCUT2D eigenvalue weighted by atomic mass is 9.88. The third-order valence-corrected chi connectivity index (χ3v) is 6.26. The number of benzene rings is 1. The highest BCUT2D eigenvalue weighted by molar-refractivity contribution is 5.78. The minimum Gasteiger partial charge on any atom is -0.351 e. The molecule has 0 spiro atoms. The number of halogens is 1. The summed E-state index contributed by atoms with van der Waals surface area (Å²) in [4.78, 5) is 23.7. The largest absolute Gasteiger partial charge is 0.351 e. The first-order valence-electron chi connectivity index (χ1n) is 10.6. The van der Waals surface area contributed by atoms with Crippen molar-refractivity contribution >= 4 is 22.9 Å². The van der Waals surface area contributed by atoms with Crippen molar-refractivity contribution in [1.82, 2.24) is 24.6 Å². The Balaban J connectivity index is 1.39. The first kappa shape index (κ1) is 19.5. The molecule has 164 valence electrons. The first-order valence-corrected chi connectivity index (χ1v) is 10.6. The molecule has 1 N–H and O–H groups in total. The van der Waals surface area contributed by atoms with Gasteiger partial charge in [0.05, 0.1) is 11.1 Å². The van der Waals surface area contributed by atoms with Gasteiger partial charge >= 0.3 is 5.69 Å². The lowest BCUT2D eigenvalue weighted by Gasteiger charge is -2.26. The summed E-state index contributed by atoms with van der Waals surface area (Å²) in [6.07, 6.45) is 7.34. The molecule has 0 unspecified atom stereocenters. The molecule has 3 aromatic heterocycles. The third kappa shape index (κ3) is 3.30. The van der Waals surface area contributed by atoms with Crippen LogP contribution in [0.15, 0.2) is 54.5 Å². The number of aromatic nitrogens is 5. The van der Waals surface area contributed by atoms with Gasteiger partial charge in [0.1, 0.15) is 12.0 Å². The van der Waals surface area contributed by atoms with Gasteiger partial charge in [-0.3, -0.25) is 15.1 Å². The van der Waals surface area contributed by atoms with Crippen molar-refractivity contribution < 1.29 is 9.31 Å². The van der Waals surface area contributed by atoms with Gasteiger partial charge in [0.15, 0.2) is 5.82 Å². The van der Waals surface area contributed by atoms with E-state index in [1.165, 1.54) is 39.1 Å². The van der Waals surface area contributed by atoms with E-state index in [2.05, 4.69) is 49.6 Å². The number of nitro groups is 1. The Morgan fingerprint density at radius 3 is 2.91 bits per heavy atom. The molecule has 0 amide bonds. The Kier molecular flexibility index (Phi) is 4.39. The zero-order valence-electron chi connectivity index (χ0n) is 17.4. The number of anilines is 1. The highest BCUT2D eigenvalue weighted by Crippen LogP contribution is 2.42. The molecule has 6 rings (SSSR count). The van der Waals surface area contributed by atoms with Gasteiger partial charge < -0.3 is 5.32 Å². The fourth-order valence-electron chi connectivity index (χ4n) is 4.74. The van der Waals surface area contributed by atoms with Crippen LogP contribution in [0.4, 0.5) is 16.0 Å². The molecule has 0 saturated carbocycles. The van der Waals surface area contributed by atoms with Crippen LogP contribution in [0.3, 0.4) is 0 Å². The lowest BCUT2D eigenvalue weighted by Crippen LogP contribution is -2.25. The van der Waals surface area contributed by atoms with Crippen molar-refractivity contribution in [2.75, 3.05) is 5.32 Å². The number of hydrogen-bond donors (Lipinski definition) is 1. The summed E-state index contributed by atoms with van der Waals surface area (Å²) in [5, 5.41) is 19.1. The minimum absolute atomic E-state index is 0.0405. The van der Waals surface area contributed by atoms with Crippen LogP contribution in [0.25, 0.3) is 22.6 Å². The summed E-state index contributed by atoms with van der Waals surface area (Å²) in [6, 6.07) is 9.77. The third-order valence-electron chi connectivity index (χ3n) is 6.26. The van der Waals surface area contributed by atoms with E-state index in [0.717, 1.165) is 38.1 Å². The second kappa shape index (κ2) is 7.44. The van der Waals surface area contributed by atoms with Crippen LogP contribution in [0.2, 0.25) is 0 Å². The molecule has 10 heteroatoms. The summed E-state index contributed by atoms with van der Waals surface area (Å²) < 4.78 is 15.1. The molecule has 0 aliphatic heterocycles. The van der Waals surface area contributed by atoms with Gasteiger partial charge in [-0.1, -0.05) is 29.8 Å². The average Bonchev–Trinajstić information content (AvgIpc) is 3.41. The van der Waals surface area contributed by atoms with Crippen LogP contribution in [0.5, 0.6) is 0 Å². The quantitative estimate of drug-likeness (QED) is 0.371. The Hall–Kier alpha value is -4.21. The lowest BCUT2D eigenvalue weighted by molar-refractivity contribution is -0.383. The second-order valence-corrected chi connectivity index (χ2v) is 8.29. The Morgan fingerprint density at radius 1 is 1.18 bits per heavy atom. The Bertz CT molecular complexity index is 1460. The van der Waals surface area contributed by atoms with Crippen molar-refractivity contribution in [3.05, 3.63) is 81.6 Å². The molecule has 0 saturated heterocycles. The molecule has 33 heavy (non-hydrogen) atoms. The molecule has 4 aromatic rings. The van der Waals surface area contributed by atoms with E-state index in [0.29, 0.717) is 11.5 Å². The maximum atomic E-state index is 13.8. The number of rotatable bonds is 4. The molecule has 2 aliphatic rings. The highest BCUT2D eigenvalue weighted by Gasteiger charge is 2.29. The van der Waals surface area contributed by atoms with Crippen LogP contribution in [-0.2, 0) is 6.42 Å². The minimum atomic E-state index is -0.542. The SMILES string of the molecule is O=[N+]([O-])c1cnn2c(N[C@@H]3CCC4=C(C3)c3ccccc3C4)nc(-c3cncc(F)c3)nc12. The number of hydrogen-bond acceptors (Lipinski definition) is 7. The summed E-state index contributed by atoms with van der Waals surface area (Å²) >= 11 is 0. The maximum Gasteiger partial charge on any atom is 0.333 e. The topological polar surface area (TPSA) is 111 Å². The molecular weight excluding hydrogens is 425 g/mol. The Morgan fingerprint density at radius 2 is 2.06 bits per heavy atom. The number of pyridine rings is 1. The van der Waals surface area contributed by atoms with Gasteiger partial charge in [-0.2, -0.15) is 14.6 Å². The molecule has 1 atom stereocenters. The van der Waals surface area contributed by atoms with Crippen molar-refractivity contribution in [3.63, 3.8) is 0 Å².